The first-order valence-electron chi connectivity index (χ1n) is 6.36. The number of aliphatic hydroxyl groups is 1. The summed E-state index contributed by atoms with van der Waals surface area (Å²) < 4.78 is 1.84. The molecule has 0 bridgehead atoms. The van der Waals surface area contributed by atoms with Gasteiger partial charge in [-0.25, -0.2) is 4.68 Å². The molecule has 2 aromatic rings. The first-order chi connectivity index (χ1) is 8.83. The maximum atomic E-state index is 9.69. The highest BCUT2D eigenvalue weighted by Crippen LogP contribution is 2.21. The summed E-state index contributed by atoms with van der Waals surface area (Å²) in [5.41, 5.74) is 2.23. The molecule has 0 unspecified atom stereocenters. The highest BCUT2D eigenvalue weighted by Gasteiger charge is 2.17. The summed E-state index contributed by atoms with van der Waals surface area (Å²) in [6.45, 7) is 1.76. The Labute approximate surface area is 106 Å². The Balaban J connectivity index is 1.78. The molecule has 1 aliphatic heterocycles. The van der Waals surface area contributed by atoms with Gasteiger partial charge in [0, 0.05) is 31.2 Å². The van der Waals surface area contributed by atoms with Gasteiger partial charge in [-0.2, -0.15) is 5.10 Å². The largest absolute Gasteiger partial charge is 0.391 e. The van der Waals surface area contributed by atoms with Crippen molar-refractivity contribution in [3.05, 3.63) is 42.7 Å². The molecule has 1 saturated heterocycles. The van der Waals surface area contributed by atoms with Crippen molar-refractivity contribution in [2.45, 2.75) is 18.9 Å². The van der Waals surface area contributed by atoms with Crippen LogP contribution in [-0.2, 0) is 0 Å². The van der Waals surface area contributed by atoms with Gasteiger partial charge in [0.25, 0.3) is 0 Å². The van der Waals surface area contributed by atoms with Gasteiger partial charge in [-0.05, 0) is 43.2 Å². The highest BCUT2D eigenvalue weighted by molar-refractivity contribution is 5.51. The Morgan fingerprint density at radius 3 is 2.61 bits per heavy atom. The molecular formula is C14H17N3O. The summed E-state index contributed by atoms with van der Waals surface area (Å²) >= 11 is 0. The molecule has 1 aromatic carbocycles. The highest BCUT2D eigenvalue weighted by atomic mass is 16.3. The van der Waals surface area contributed by atoms with Crippen LogP contribution in [0.3, 0.4) is 0 Å². The first kappa shape index (κ1) is 11.3. The average Bonchev–Trinajstić information content (AvgIpc) is 2.93. The van der Waals surface area contributed by atoms with Crippen LogP contribution in [0.15, 0.2) is 42.7 Å². The third-order valence-electron chi connectivity index (χ3n) is 3.38. The van der Waals surface area contributed by atoms with Crippen molar-refractivity contribution in [1.29, 1.82) is 0 Å². The lowest BCUT2D eigenvalue weighted by molar-refractivity contribution is 0.154. The van der Waals surface area contributed by atoms with Crippen molar-refractivity contribution in [1.82, 2.24) is 9.78 Å². The molecule has 4 heteroatoms. The van der Waals surface area contributed by atoms with Gasteiger partial charge in [-0.1, -0.05) is 0 Å². The van der Waals surface area contributed by atoms with Crippen molar-refractivity contribution in [2.75, 3.05) is 18.0 Å². The zero-order valence-electron chi connectivity index (χ0n) is 10.2. The predicted molar refractivity (Wildman–Crippen MR) is 71.0 cm³/mol. The Hall–Kier alpha value is -1.81. The Morgan fingerprint density at radius 1 is 1.17 bits per heavy atom. The number of hydrogen-bond donors (Lipinski definition) is 1. The molecule has 94 valence electrons. The molecule has 3 rings (SSSR count). The molecule has 0 aliphatic carbocycles. The fourth-order valence-corrected chi connectivity index (χ4v) is 2.43. The van der Waals surface area contributed by atoms with Crippen molar-refractivity contribution in [3.8, 4) is 5.69 Å². The van der Waals surface area contributed by atoms with Gasteiger partial charge in [0.05, 0.1) is 11.8 Å². The minimum atomic E-state index is -0.190. The number of nitrogens with zero attached hydrogens (tertiary/aromatic N) is 3. The van der Waals surface area contributed by atoms with Gasteiger partial charge >= 0.3 is 0 Å². The monoisotopic (exact) mass is 243 g/mol. The topological polar surface area (TPSA) is 41.3 Å². The quantitative estimate of drug-likeness (QED) is 0.875. The Morgan fingerprint density at radius 2 is 1.94 bits per heavy atom. The second-order valence-corrected chi connectivity index (χ2v) is 4.71. The Kier molecular flexibility index (Phi) is 3.02. The smallest absolute Gasteiger partial charge is 0.0715 e. The van der Waals surface area contributed by atoms with Gasteiger partial charge in [-0.3, -0.25) is 0 Å². The number of anilines is 1. The minimum absolute atomic E-state index is 0.190. The zero-order chi connectivity index (χ0) is 12.4. The maximum absolute atomic E-state index is 9.69. The SMILES string of the molecule is O[C@@H]1CCCN(c2ccc(-n3cccn3)cc2)C1. The maximum Gasteiger partial charge on any atom is 0.0715 e. The molecule has 1 aliphatic rings. The molecule has 1 aromatic heterocycles. The summed E-state index contributed by atoms with van der Waals surface area (Å²) in [4.78, 5) is 2.24. The molecule has 1 N–H and O–H groups in total. The fraction of sp³-hybridized carbons (Fsp3) is 0.357. The van der Waals surface area contributed by atoms with Crippen LogP contribution in [0, 0.1) is 0 Å². The lowest BCUT2D eigenvalue weighted by atomic mass is 10.1. The van der Waals surface area contributed by atoms with Crippen molar-refractivity contribution < 1.29 is 5.11 Å². The number of benzene rings is 1. The summed E-state index contributed by atoms with van der Waals surface area (Å²) in [6.07, 6.45) is 5.49. The van der Waals surface area contributed by atoms with Crippen LogP contribution in [0.25, 0.3) is 5.69 Å². The number of rotatable bonds is 2. The fourth-order valence-electron chi connectivity index (χ4n) is 2.43. The molecule has 1 fully saturated rings. The molecule has 4 nitrogen and oxygen atoms in total. The third kappa shape index (κ3) is 2.24. The molecular weight excluding hydrogens is 226 g/mol. The normalized spacial score (nSPS) is 20.1. The second-order valence-electron chi connectivity index (χ2n) is 4.71. The molecule has 0 amide bonds. The van der Waals surface area contributed by atoms with Gasteiger partial charge in [0.1, 0.15) is 0 Å². The lowest BCUT2D eigenvalue weighted by Crippen LogP contribution is -2.38. The predicted octanol–water partition coefficient (Wildman–Crippen LogP) is 1.83. The minimum Gasteiger partial charge on any atom is -0.391 e. The average molecular weight is 243 g/mol. The van der Waals surface area contributed by atoms with E-state index in [0.717, 1.165) is 31.6 Å². The van der Waals surface area contributed by atoms with E-state index in [0.29, 0.717) is 0 Å². The molecule has 1 atom stereocenters. The number of piperidine rings is 1. The van der Waals surface area contributed by atoms with E-state index < -0.39 is 0 Å². The first-order valence-corrected chi connectivity index (χ1v) is 6.36. The van der Waals surface area contributed by atoms with E-state index in [9.17, 15) is 5.11 Å². The van der Waals surface area contributed by atoms with Crippen LogP contribution in [0.5, 0.6) is 0 Å². The van der Waals surface area contributed by atoms with Gasteiger partial charge < -0.3 is 10.0 Å². The van der Waals surface area contributed by atoms with E-state index in [1.165, 1.54) is 5.69 Å². The van der Waals surface area contributed by atoms with Crippen molar-refractivity contribution >= 4 is 5.69 Å². The van der Waals surface area contributed by atoms with Gasteiger partial charge in [-0.15, -0.1) is 0 Å². The van der Waals surface area contributed by atoms with E-state index in [1.54, 1.807) is 6.20 Å². The standard InChI is InChI=1S/C14H17N3O/c18-14-3-1-9-16(11-14)12-4-6-13(7-5-12)17-10-2-8-15-17/h2,4-8,10,14,18H,1,3,9,11H2/t14-/m1/s1. The molecule has 2 heterocycles. The lowest BCUT2D eigenvalue weighted by Gasteiger charge is -2.32. The van der Waals surface area contributed by atoms with Crippen LogP contribution in [0.4, 0.5) is 5.69 Å². The van der Waals surface area contributed by atoms with E-state index in [4.69, 9.17) is 0 Å². The van der Waals surface area contributed by atoms with Crippen LogP contribution >= 0.6 is 0 Å². The summed E-state index contributed by atoms with van der Waals surface area (Å²) in [5, 5.41) is 13.9. The molecule has 18 heavy (non-hydrogen) atoms. The van der Waals surface area contributed by atoms with Crippen LogP contribution in [-0.4, -0.2) is 34.1 Å². The van der Waals surface area contributed by atoms with Crippen molar-refractivity contribution in [2.24, 2.45) is 0 Å². The number of aliphatic hydroxyl groups excluding tert-OH is 1. The molecule has 0 radical (unpaired) electrons. The van der Waals surface area contributed by atoms with Gasteiger partial charge in [0.2, 0.25) is 0 Å². The third-order valence-corrected chi connectivity index (χ3v) is 3.38. The molecule has 0 saturated carbocycles. The second kappa shape index (κ2) is 4.82. The Bertz CT molecular complexity index is 492. The van der Waals surface area contributed by atoms with Crippen LogP contribution < -0.4 is 4.90 Å². The van der Waals surface area contributed by atoms with Crippen molar-refractivity contribution in [3.63, 3.8) is 0 Å². The summed E-state index contributed by atoms with van der Waals surface area (Å²) in [5.74, 6) is 0. The van der Waals surface area contributed by atoms with Crippen LogP contribution in [0.2, 0.25) is 0 Å². The van der Waals surface area contributed by atoms with Crippen LogP contribution in [0.1, 0.15) is 12.8 Å². The number of aromatic nitrogens is 2. The summed E-state index contributed by atoms with van der Waals surface area (Å²) in [6, 6.07) is 10.2. The number of β-amino-alcohol motifs (C(OH)–C–C–N with tert-alkyl or cyclic N) is 1. The number of hydrogen-bond acceptors (Lipinski definition) is 3. The van der Waals surface area contributed by atoms with E-state index in [1.807, 2.05) is 16.9 Å². The van der Waals surface area contributed by atoms with E-state index >= 15 is 0 Å². The molecule has 0 spiro atoms. The van der Waals surface area contributed by atoms with Gasteiger partial charge in [0.15, 0.2) is 0 Å². The van der Waals surface area contributed by atoms with E-state index in [-0.39, 0.29) is 6.10 Å². The zero-order valence-corrected chi connectivity index (χ0v) is 10.2. The summed E-state index contributed by atoms with van der Waals surface area (Å²) in [7, 11) is 0. The van der Waals surface area contributed by atoms with E-state index in [2.05, 4.69) is 34.3 Å².